The number of allylic oxidation sites excluding steroid dienone is 2. The van der Waals surface area contributed by atoms with E-state index in [2.05, 4.69) is 6.58 Å². The summed E-state index contributed by atoms with van der Waals surface area (Å²) in [4.78, 5) is 22.0. The number of carboxylic acids is 2. The van der Waals surface area contributed by atoms with Crippen LogP contribution < -0.4 is 0 Å². The Labute approximate surface area is 145 Å². The molecule has 2 atom stereocenters. The minimum atomic E-state index is -1.01. The molecule has 0 heterocycles. The van der Waals surface area contributed by atoms with Gasteiger partial charge in [-0.05, 0) is 49.8 Å². The van der Waals surface area contributed by atoms with E-state index in [1.165, 1.54) is 12.1 Å². The van der Waals surface area contributed by atoms with Gasteiger partial charge in [0, 0.05) is 23.5 Å². The summed E-state index contributed by atoms with van der Waals surface area (Å²) in [7, 11) is 0. The van der Waals surface area contributed by atoms with Gasteiger partial charge in [-0.2, -0.15) is 0 Å². The van der Waals surface area contributed by atoms with Gasteiger partial charge in [-0.1, -0.05) is 18.2 Å². The second-order valence-electron chi connectivity index (χ2n) is 6.46. The van der Waals surface area contributed by atoms with Crippen LogP contribution in [-0.4, -0.2) is 32.4 Å². The maximum atomic E-state index is 11.3. The average Bonchev–Trinajstić information content (AvgIpc) is 2.51. The van der Waals surface area contributed by atoms with Gasteiger partial charge >= 0.3 is 11.9 Å². The van der Waals surface area contributed by atoms with Gasteiger partial charge in [0.15, 0.2) is 0 Å². The molecule has 6 nitrogen and oxygen atoms in total. The number of rotatable bonds is 6. The number of aromatic hydroxyl groups is 2. The van der Waals surface area contributed by atoms with Gasteiger partial charge < -0.3 is 20.4 Å². The lowest BCUT2D eigenvalue weighted by Gasteiger charge is -2.31. The standard InChI is InChI=1S/C19H22O6/c1-10(2)13-5-4-12(19(24)25)9-14(13)18-15(20)7-11(8-16(18)21)3-6-17(22)23/h7-9,13-14,20-21H,1,3-6H2,2H3,(H,22,23)(H,24,25)/t13-,14+/m0/s1. The van der Waals surface area contributed by atoms with Crippen LogP contribution in [0, 0.1) is 5.92 Å². The minimum Gasteiger partial charge on any atom is -0.507 e. The predicted molar refractivity (Wildman–Crippen MR) is 91.7 cm³/mol. The largest absolute Gasteiger partial charge is 0.507 e. The molecule has 2 rings (SSSR count). The Morgan fingerprint density at radius 1 is 1.20 bits per heavy atom. The highest BCUT2D eigenvalue weighted by atomic mass is 16.4. The van der Waals surface area contributed by atoms with Gasteiger partial charge in [-0.3, -0.25) is 4.79 Å². The molecule has 0 unspecified atom stereocenters. The average molecular weight is 346 g/mol. The predicted octanol–water partition coefficient (Wildman–Crippen LogP) is 3.20. The zero-order chi connectivity index (χ0) is 18.7. The molecule has 0 amide bonds. The van der Waals surface area contributed by atoms with Crippen molar-refractivity contribution in [3.8, 4) is 11.5 Å². The normalized spacial score (nSPS) is 20.0. The Morgan fingerprint density at radius 3 is 2.28 bits per heavy atom. The lowest BCUT2D eigenvalue weighted by Crippen LogP contribution is -2.20. The number of hydrogen-bond acceptors (Lipinski definition) is 4. The van der Waals surface area contributed by atoms with Crippen LogP contribution in [0.5, 0.6) is 11.5 Å². The topological polar surface area (TPSA) is 115 Å². The number of aryl methyl sites for hydroxylation is 1. The molecule has 134 valence electrons. The molecule has 1 aliphatic carbocycles. The van der Waals surface area contributed by atoms with Crippen molar-refractivity contribution < 1.29 is 30.0 Å². The van der Waals surface area contributed by atoms with Crippen molar-refractivity contribution in [2.75, 3.05) is 0 Å². The quantitative estimate of drug-likeness (QED) is 0.588. The molecule has 1 aromatic rings. The summed E-state index contributed by atoms with van der Waals surface area (Å²) >= 11 is 0. The van der Waals surface area contributed by atoms with E-state index in [1.54, 1.807) is 6.08 Å². The first-order chi connectivity index (χ1) is 11.7. The molecule has 1 aliphatic rings. The maximum Gasteiger partial charge on any atom is 0.331 e. The van der Waals surface area contributed by atoms with E-state index in [1.807, 2.05) is 6.92 Å². The van der Waals surface area contributed by atoms with E-state index in [-0.39, 0.29) is 41.4 Å². The van der Waals surface area contributed by atoms with Crippen molar-refractivity contribution in [2.24, 2.45) is 5.92 Å². The molecule has 25 heavy (non-hydrogen) atoms. The first-order valence-corrected chi connectivity index (χ1v) is 8.06. The van der Waals surface area contributed by atoms with Crippen LogP contribution in [0.1, 0.15) is 43.2 Å². The van der Waals surface area contributed by atoms with Crippen LogP contribution in [0.4, 0.5) is 0 Å². The first-order valence-electron chi connectivity index (χ1n) is 8.06. The van der Waals surface area contributed by atoms with Crippen molar-refractivity contribution >= 4 is 11.9 Å². The molecule has 0 saturated carbocycles. The highest BCUT2D eigenvalue weighted by Gasteiger charge is 2.32. The summed E-state index contributed by atoms with van der Waals surface area (Å²) in [6.45, 7) is 5.78. The number of hydrogen-bond donors (Lipinski definition) is 4. The summed E-state index contributed by atoms with van der Waals surface area (Å²) in [6.07, 6.45) is 2.61. The molecule has 0 saturated heterocycles. The van der Waals surface area contributed by atoms with Crippen LogP contribution in [0.15, 0.2) is 35.9 Å². The number of carbonyl (C=O) groups is 2. The summed E-state index contributed by atoms with van der Waals surface area (Å²) in [5.41, 5.74) is 1.85. The third-order valence-corrected chi connectivity index (χ3v) is 4.60. The van der Waals surface area contributed by atoms with Crippen molar-refractivity contribution in [2.45, 2.75) is 38.5 Å². The van der Waals surface area contributed by atoms with E-state index >= 15 is 0 Å². The van der Waals surface area contributed by atoms with Crippen molar-refractivity contribution in [1.29, 1.82) is 0 Å². The van der Waals surface area contributed by atoms with E-state index in [9.17, 15) is 24.9 Å². The fourth-order valence-electron chi connectivity index (χ4n) is 3.34. The fourth-order valence-corrected chi connectivity index (χ4v) is 3.34. The molecule has 6 heteroatoms. The van der Waals surface area contributed by atoms with Gasteiger partial charge in [0.05, 0.1) is 0 Å². The Balaban J connectivity index is 2.45. The van der Waals surface area contributed by atoms with Gasteiger partial charge in [0.25, 0.3) is 0 Å². The van der Waals surface area contributed by atoms with Crippen molar-refractivity contribution in [3.63, 3.8) is 0 Å². The van der Waals surface area contributed by atoms with E-state index in [0.29, 0.717) is 18.4 Å². The number of carboxylic acid groups (broad SMARTS) is 2. The van der Waals surface area contributed by atoms with Gasteiger partial charge in [0.1, 0.15) is 11.5 Å². The monoisotopic (exact) mass is 346 g/mol. The second-order valence-corrected chi connectivity index (χ2v) is 6.46. The molecule has 0 aliphatic heterocycles. The van der Waals surface area contributed by atoms with Crippen molar-refractivity contribution in [1.82, 2.24) is 0 Å². The Hall–Kier alpha value is -2.76. The highest BCUT2D eigenvalue weighted by Crippen LogP contribution is 2.46. The zero-order valence-corrected chi connectivity index (χ0v) is 14.0. The van der Waals surface area contributed by atoms with E-state index in [0.717, 1.165) is 5.57 Å². The molecule has 0 fully saturated rings. The van der Waals surface area contributed by atoms with E-state index in [4.69, 9.17) is 5.11 Å². The summed E-state index contributed by atoms with van der Waals surface area (Å²) in [5.74, 6) is -2.90. The fraction of sp³-hybridized carbons (Fsp3) is 0.368. The number of benzene rings is 1. The number of phenols is 2. The van der Waals surface area contributed by atoms with Crippen LogP contribution >= 0.6 is 0 Å². The zero-order valence-electron chi connectivity index (χ0n) is 14.0. The molecule has 0 spiro atoms. The first kappa shape index (κ1) is 18.6. The molecule has 4 N–H and O–H groups in total. The Kier molecular flexibility index (Phi) is 5.51. The third-order valence-electron chi connectivity index (χ3n) is 4.60. The molecule has 0 aromatic heterocycles. The van der Waals surface area contributed by atoms with Crippen LogP contribution in [0.2, 0.25) is 0 Å². The molecule has 0 radical (unpaired) electrons. The highest BCUT2D eigenvalue weighted by molar-refractivity contribution is 5.87. The Morgan fingerprint density at radius 2 is 1.80 bits per heavy atom. The van der Waals surface area contributed by atoms with Gasteiger partial charge in [-0.25, -0.2) is 4.79 Å². The van der Waals surface area contributed by atoms with E-state index < -0.39 is 17.9 Å². The molecule has 0 bridgehead atoms. The molecular weight excluding hydrogens is 324 g/mol. The number of aliphatic carboxylic acids is 2. The summed E-state index contributed by atoms with van der Waals surface area (Å²) in [6, 6.07) is 2.85. The molecular formula is C19H22O6. The maximum absolute atomic E-state index is 11.3. The van der Waals surface area contributed by atoms with Gasteiger partial charge in [0.2, 0.25) is 0 Å². The number of phenolic OH excluding ortho intramolecular Hbond substituents is 2. The van der Waals surface area contributed by atoms with Crippen molar-refractivity contribution in [3.05, 3.63) is 47.1 Å². The molecule has 1 aromatic carbocycles. The summed E-state index contributed by atoms with van der Waals surface area (Å²) in [5, 5.41) is 38.8. The van der Waals surface area contributed by atoms with Crippen LogP contribution in [-0.2, 0) is 16.0 Å². The van der Waals surface area contributed by atoms with Crippen LogP contribution in [0.3, 0.4) is 0 Å². The minimum absolute atomic E-state index is 0.0928. The SMILES string of the molecule is C=C(C)[C@@H]1CCC(C(=O)O)=C[C@H]1c1c(O)cc(CCC(=O)O)cc1O. The summed E-state index contributed by atoms with van der Waals surface area (Å²) < 4.78 is 0. The van der Waals surface area contributed by atoms with Gasteiger partial charge in [-0.15, -0.1) is 0 Å². The van der Waals surface area contributed by atoms with Crippen LogP contribution in [0.25, 0.3) is 0 Å². The lowest BCUT2D eigenvalue weighted by atomic mass is 9.73. The Bertz CT molecular complexity index is 723. The third kappa shape index (κ3) is 4.21. The smallest absolute Gasteiger partial charge is 0.331 e. The second kappa shape index (κ2) is 7.42. The lowest BCUT2D eigenvalue weighted by molar-refractivity contribution is -0.137.